The van der Waals surface area contributed by atoms with Crippen LogP contribution in [0.4, 0.5) is 0 Å². The van der Waals surface area contributed by atoms with E-state index in [1.54, 1.807) is 31.3 Å². The Morgan fingerprint density at radius 3 is 2.62 bits per heavy atom. The van der Waals surface area contributed by atoms with Gasteiger partial charge in [-0.25, -0.2) is 9.78 Å². The highest BCUT2D eigenvalue weighted by atomic mass is 35.5. The van der Waals surface area contributed by atoms with Crippen molar-refractivity contribution in [3.8, 4) is 11.3 Å². The quantitative estimate of drug-likeness (QED) is 0.560. The second-order valence-corrected chi connectivity index (χ2v) is 5.89. The molecule has 0 atom stereocenters. The molecule has 0 unspecified atom stereocenters. The summed E-state index contributed by atoms with van der Waals surface area (Å²) in [5.74, 6) is -0.625. The highest BCUT2D eigenvalue weighted by Gasteiger charge is 2.19. The fraction of sp³-hybridized carbons (Fsp3) is 0.125. The van der Waals surface area contributed by atoms with E-state index in [1.165, 1.54) is 17.7 Å². The number of aryl methyl sites for hydroxylation is 1. The Labute approximate surface area is 146 Å². The first-order valence-electron chi connectivity index (χ1n) is 6.90. The van der Waals surface area contributed by atoms with Crippen LogP contribution in [0.15, 0.2) is 35.1 Å². The maximum atomic E-state index is 12.3. The Morgan fingerprint density at radius 1 is 1.33 bits per heavy atom. The number of nitrogens with one attached hydrogen (secondary N) is 1. The molecule has 6 nitrogen and oxygen atoms in total. The molecule has 3 rings (SSSR count). The van der Waals surface area contributed by atoms with E-state index in [-0.39, 0.29) is 15.7 Å². The molecule has 2 aromatic heterocycles. The number of halogens is 1. The van der Waals surface area contributed by atoms with E-state index in [0.29, 0.717) is 16.4 Å². The van der Waals surface area contributed by atoms with Crippen LogP contribution < -0.4 is 5.56 Å². The fourth-order valence-corrected chi connectivity index (χ4v) is 2.68. The number of hydrogen-bond donors (Lipinski definition) is 1. The number of carbonyl (C=O) groups excluding carboxylic acids is 1. The number of ether oxygens (including phenoxy) is 1. The third-order valence-electron chi connectivity index (χ3n) is 3.62. The van der Waals surface area contributed by atoms with Gasteiger partial charge in [0.1, 0.15) is 5.65 Å². The van der Waals surface area contributed by atoms with Crippen molar-refractivity contribution in [3.63, 3.8) is 0 Å². The first kappa shape index (κ1) is 16.4. The normalized spacial score (nSPS) is 10.8. The van der Waals surface area contributed by atoms with Crippen molar-refractivity contribution in [1.29, 1.82) is 0 Å². The molecule has 24 heavy (non-hydrogen) atoms. The molecule has 1 N–H and O–H groups in total. The summed E-state index contributed by atoms with van der Waals surface area (Å²) in [6.45, 7) is 0. The van der Waals surface area contributed by atoms with Gasteiger partial charge < -0.3 is 9.30 Å². The summed E-state index contributed by atoms with van der Waals surface area (Å²) in [4.78, 5) is 31.5. The summed E-state index contributed by atoms with van der Waals surface area (Å²) in [5.41, 5.74) is 1.20. The molecule has 0 aliphatic rings. The van der Waals surface area contributed by atoms with Gasteiger partial charge in [-0.15, -0.1) is 0 Å². The second-order valence-electron chi connectivity index (χ2n) is 5.07. The number of hydrogen-bond acceptors (Lipinski definition) is 5. The average Bonchev–Trinajstić information content (AvgIpc) is 2.58. The number of nitrogens with zero attached hydrogens (tertiary/aromatic N) is 2. The third kappa shape index (κ3) is 2.72. The lowest BCUT2D eigenvalue weighted by Gasteiger charge is -2.11. The van der Waals surface area contributed by atoms with Gasteiger partial charge in [-0.2, -0.15) is 0 Å². The van der Waals surface area contributed by atoms with Crippen LogP contribution in [0.25, 0.3) is 22.3 Å². The predicted octanol–water partition coefficient (Wildman–Crippen LogP) is 3.10. The molecule has 0 aliphatic carbocycles. The summed E-state index contributed by atoms with van der Waals surface area (Å²) in [6, 6.07) is 8.52. The van der Waals surface area contributed by atoms with E-state index in [4.69, 9.17) is 28.6 Å². The lowest BCUT2D eigenvalue weighted by molar-refractivity contribution is 0.0603. The summed E-state index contributed by atoms with van der Waals surface area (Å²) >= 11 is 11.0. The number of aromatic amines is 1. The number of esters is 1. The van der Waals surface area contributed by atoms with E-state index in [9.17, 15) is 9.59 Å². The highest BCUT2D eigenvalue weighted by Crippen LogP contribution is 2.24. The van der Waals surface area contributed by atoms with Crippen molar-refractivity contribution in [3.05, 3.63) is 56.0 Å². The molecule has 0 saturated carbocycles. The molecule has 0 saturated heterocycles. The zero-order chi connectivity index (χ0) is 17.4. The molecule has 8 heteroatoms. The molecule has 122 valence electrons. The van der Waals surface area contributed by atoms with Gasteiger partial charge in [0.2, 0.25) is 0 Å². The Bertz CT molecular complexity index is 1070. The summed E-state index contributed by atoms with van der Waals surface area (Å²) in [7, 11) is 2.92. The Morgan fingerprint density at radius 2 is 2.00 bits per heavy atom. The Kier molecular flexibility index (Phi) is 4.21. The molecule has 0 aliphatic heterocycles. The van der Waals surface area contributed by atoms with Crippen molar-refractivity contribution in [1.82, 2.24) is 14.5 Å². The average molecular weight is 362 g/mol. The number of fused-ring (bicyclic) bond motifs is 1. The Hall–Kier alpha value is -2.51. The molecule has 0 bridgehead atoms. The third-order valence-corrected chi connectivity index (χ3v) is 4.24. The van der Waals surface area contributed by atoms with E-state index >= 15 is 0 Å². The number of pyridine rings is 1. The number of carbonyl (C=O) groups is 1. The topological polar surface area (TPSA) is 77.0 Å². The second kappa shape index (κ2) is 6.18. The molecule has 1 aromatic carbocycles. The summed E-state index contributed by atoms with van der Waals surface area (Å²) in [5, 5.41) is 0.721. The number of H-pyrrole nitrogens is 1. The van der Waals surface area contributed by atoms with Gasteiger partial charge >= 0.3 is 5.97 Å². The molecular weight excluding hydrogens is 350 g/mol. The maximum absolute atomic E-state index is 12.3. The molecule has 0 radical (unpaired) electrons. The summed E-state index contributed by atoms with van der Waals surface area (Å²) < 4.78 is 6.56. The number of methoxy groups -OCH3 is 1. The first-order chi connectivity index (χ1) is 11.4. The lowest BCUT2D eigenvalue weighted by atomic mass is 10.1. The van der Waals surface area contributed by atoms with Crippen LogP contribution in [0.2, 0.25) is 5.02 Å². The van der Waals surface area contributed by atoms with Crippen LogP contribution in [-0.4, -0.2) is 27.6 Å². The van der Waals surface area contributed by atoms with Crippen LogP contribution in [0.3, 0.4) is 0 Å². The van der Waals surface area contributed by atoms with Crippen molar-refractivity contribution < 1.29 is 9.53 Å². The largest absolute Gasteiger partial charge is 0.465 e. The number of aromatic nitrogens is 3. The van der Waals surface area contributed by atoms with Crippen LogP contribution in [0.1, 0.15) is 10.4 Å². The highest BCUT2D eigenvalue weighted by molar-refractivity contribution is 7.71. The van der Waals surface area contributed by atoms with E-state index in [0.717, 1.165) is 5.56 Å². The van der Waals surface area contributed by atoms with E-state index < -0.39 is 11.5 Å². The van der Waals surface area contributed by atoms with Gasteiger partial charge in [-0.05, 0) is 30.4 Å². The minimum absolute atomic E-state index is 0.124. The van der Waals surface area contributed by atoms with Crippen LogP contribution in [0, 0.1) is 4.77 Å². The van der Waals surface area contributed by atoms with Gasteiger partial charge in [0.05, 0.1) is 23.8 Å². The van der Waals surface area contributed by atoms with Gasteiger partial charge in [0, 0.05) is 17.6 Å². The fourth-order valence-electron chi connectivity index (χ4n) is 2.38. The van der Waals surface area contributed by atoms with E-state index in [1.807, 2.05) is 0 Å². The minimum atomic E-state index is -0.625. The molecule has 0 fully saturated rings. The van der Waals surface area contributed by atoms with Gasteiger partial charge in [0.25, 0.3) is 5.56 Å². The summed E-state index contributed by atoms with van der Waals surface area (Å²) in [6.07, 6.45) is 0. The first-order valence-corrected chi connectivity index (χ1v) is 7.69. The standard InChI is InChI=1S/C16H12ClN3O3S/c1-20-13-12(14(21)19-16(20)24)10(15(22)23-2)7-11(18-13)8-3-5-9(17)6-4-8/h3-7H,1-2H3,(H,19,21,24). The zero-order valence-electron chi connectivity index (χ0n) is 12.8. The molecule has 3 aromatic rings. The predicted molar refractivity (Wildman–Crippen MR) is 94.0 cm³/mol. The van der Waals surface area contributed by atoms with Crippen LogP contribution in [0.5, 0.6) is 0 Å². The van der Waals surface area contributed by atoms with Gasteiger partial charge in [-0.3, -0.25) is 9.78 Å². The lowest BCUT2D eigenvalue weighted by Crippen LogP contribution is -2.18. The van der Waals surface area contributed by atoms with Crippen molar-refractivity contribution in [2.24, 2.45) is 7.05 Å². The molecular formula is C16H12ClN3O3S. The number of benzene rings is 1. The smallest absolute Gasteiger partial charge is 0.338 e. The van der Waals surface area contributed by atoms with Crippen molar-refractivity contribution >= 4 is 40.8 Å². The van der Waals surface area contributed by atoms with Crippen LogP contribution >= 0.6 is 23.8 Å². The van der Waals surface area contributed by atoms with E-state index in [2.05, 4.69) is 9.97 Å². The van der Waals surface area contributed by atoms with Crippen molar-refractivity contribution in [2.45, 2.75) is 0 Å². The van der Waals surface area contributed by atoms with Gasteiger partial charge in [0.15, 0.2) is 4.77 Å². The number of rotatable bonds is 2. The Balaban J connectivity index is 2.44. The minimum Gasteiger partial charge on any atom is -0.465 e. The van der Waals surface area contributed by atoms with Crippen molar-refractivity contribution in [2.75, 3.05) is 7.11 Å². The van der Waals surface area contributed by atoms with Gasteiger partial charge in [-0.1, -0.05) is 23.7 Å². The zero-order valence-corrected chi connectivity index (χ0v) is 14.4. The van der Waals surface area contributed by atoms with Crippen LogP contribution in [-0.2, 0) is 11.8 Å². The SMILES string of the molecule is COC(=O)c1cc(-c2ccc(Cl)cc2)nc2c1c(=O)[nH]c(=S)n2C. The monoisotopic (exact) mass is 361 g/mol. The maximum Gasteiger partial charge on any atom is 0.338 e. The molecule has 0 amide bonds. The molecule has 0 spiro atoms. The molecule has 2 heterocycles.